The van der Waals surface area contributed by atoms with Gasteiger partial charge in [0.25, 0.3) is 5.56 Å². The molecule has 0 atom stereocenters. The Balaban J connectivity index is 3.18. The van der Waals surface area contributed by atoms with Crippen molar-refractivity contribution in [3.8, 4) is 0 Å². The number of thioether (sulfide) groups is 1. The topological polar surface area (TPSA) is 34.9 Å². The lowest BCUT2D eigenvalue weighted by atomic mass is 10.6. The third-order valence-corrected chi connectivity index (χ3v) is 2.73. The van der Waals surface area contributed by atoms with Crippen LogP contribution in [0.2, 0.25) is 5.02 Å². The van der Waals surface area contributed by atoms with Gasteiger partial charge in [-0.15, -0.1) is 11.8 Å². The summed E-state index contributed by atoms with van der Waals surface area (Å²) in [5.74, 6) is 0.883. The van der Waals surface area contributed by atoms with Crippen molar-refractivity contribution in [3.63, 3.8) is 0 Å². The van der Waals surface area contributed by atoms with E-state index in [9.17, 15) is 4.79 Å². The molecule has 0 saturated carbocycles. The molecule has 0 aromatic carbocycles. The number of hydrogen-bond donors (Lipinski definition) is 0. The molecular formula is C7H9ClN2OS. The number of aryl methyl sites for hydroxylation is 1. The lowest BCUT2D eigenvalue weighted by molar-refractivity contribution is 0.696. The van der Waals surface area contributed by atoms with Crippen LogP contribution in [0.3, 0.4) is 0 Å². The van der Waals surface area contributed by atoms with E-state index >= 15 is 0 Å². The Labute approximate surface area is 79.7 Å². The summed E-state index contributed by atoms with van der Waals surface area (Å²) in [5, 5.41) is 4.12. The van der Waals surface area contributed by atoms with Crippen LogP contribution < -0.4 is 5.56 Å². The van der Waals surface area contributed by atoms with Gasteiger partial charge in [-0.1, -0.05) is 18.5 Å². The molecule has 1 aromatic rings. The van der Waals surface area contributed by atoms with Crippen molar-refractivity contribution in [1.82, 2.24) is 9.78 Å². The first-order chi connectivity index (χ1) is 5.66. The van der Waals surface area contributed by atoms with Crippen LogP contribution in [-0.4, -0.2) is 15.5 Å². The zero-order valence-electron chi connectivity index (χ0n) is 6.87. The Hall–Kier alpha value is -0.480. The Morgan fingerprint density at radius 1 is 1.75 bits per heavy atom. The molecule has 0 radical (unpaired) electrons. The van der Waals surface area contributed by atoms with Crippen molar-refractivity contribution in [2.24, 2.45) is 7.05 Å². The van der Waals surface area contributed by atoms with E-state index < -0.39 is 0 Å². The molecule has 0 spiro atoms. The summed E-state index contributed by atoms with van der Waals surface area (Å²) in [6, 6.07) is 0. The van der Waals surface area contributed by atoms with Crippen LogP contribution in [0.25, 0.3) is 0 Å². The van der Waals surface area contributed by atoms with Crippen LogP contribution in [-0.2, 0) is 7.05 Å². The van der Waals surface area contributed by atoms with Gasteiger partial charge in [0.15, 0.2) is 0 Å². The van der Waals surface area contributed by atoms with Gasteiger partial charge in [0.05, 0.1) is 11.1 Å². The molecule has 1 aromatic heterocycles. The minimum absolute atomic E-state index is 0.241. The van der Waals surface area contributed by atoms with Gasteiger partial charge in [-0.05, 0) is 5.75 Å². The van der Waals surface area contributed by atoms with Gasteiger partial charge >= 0.3 is 0 Å². The quantitative estimate of drug-likeness (QED) is 0.686. The molecule has 1 rings (SSSR count). The van der Waals surface area contributed by atoms with Gasteiger partial charge in [0.1, 0.15) is 5.02 Å². The summed E-state index contributed by atoms with van der Waals surface area (Å²) in [4.78, 5) is 12.0. The summed E-state index contributed by atoms with van der Waals surface area (Å²) in [6.45, 7) is 2.00. The first-order valence-electron chi connectivity index (χ1n) is 3.51. The van der Waals surface area contributed by atoms with Crippen molar-refractivity contribution >= 4 is 23.4 Å². The van der Waals surface area contributed by atoms with Gasteiger partial charge in [0, 0.05) is 7.05 Å². The molecule has 0 aliphatic rings. The molecule has 0 fully saturated rings. The third-order valence-electron chi connectivity index (χ3n) is 1.35. The molecule has 12 heavy (non-hydrogen) atoms. The largest absolute Gasteiger partial charge is 0.286 e. The Morgan fingerprint density at radius 2 is 2.42 bits per heavy atom. The Morgan fingerprint density at radius 3 is 3.00 bits per heavy atom. The second-order valence-electron chi connectivity index (χ2n) is 2.18. The van der Waals surface area contributed by atoms with E-state index in [2.05, 4.69) is 5.10 Å². The van der Waals surface area contributed by atoms with Crippen LogP contribution in [0.5, 0.6) is 0 Å². The second-order valence-corrected chi connectivity index (χ2v) is 3.87. The maximum absolute atomic E-state index is 11.2. The first-order valence-corrected chi connectivity index (χ1v) is 4.87. The van der Waals surface area contributed by atoms with E-state index in [1.807, 2.05) is 6.92 Å². The fourth-order valence-corrected chi connectivity index (χ4v) is 1.73. The Kier molecular flexibility index (Phi) is 3.17. The molecule has 1 heterocycles. The van der Waals surface area contributed by atoms with Gasteiger partial charge in [-0.2, -0.15) is 5.10 Å². The fourth-order valence-electron chi connectivity index (χ4n) is 0.752. The zero-order valence-corrected chi connectivity index (χ0v) is 8.45. The van der Waals surface area contributed by atoms with Crippen LogP contribution in [0, 0.1) is 0 Å². The molecule has 0 saturated heterocycles. The molecule has 0 aliphatic carbocycles. The van der Waals surface area contributed by atoms with Gasteiger partial charge < -0.3 is 0 Å². The molecular weight excluding hydrogens is 196 g/mol. The van der Waals surface area contributed by atoms with Gasteiger partial charge in [-0.3, -0.25) is 4.79 Å². The average Bonchev–Trinajstić information content (AvgIpc) is 2.07. The van der Waals surface area contributed by atoms with Gasteiger partial charge in [-0.25, -0.2) is 4.68 Å². The number of hydrogen-bond acceptors (Lipinski definition) is 3. The number of rotatable bonds is 2. The van der Waals surface area contributed by atoms with Crippen molar-refractivity contribution < 1.29 is 0 Å². The number of nitrogens with zero attached hydrogens (tertiary/aromatic N) is 2. The summed E-state index contributed by atoms with van der Waals surface area (Å²) >= 11 is 7.30. The smallest absolute Gasteiger partial charge is 0.266 e. The van der Waals surface area contributed by atoms with Crippen LogP contribution >= 0.6 is 23.4 Å². The second kappa shape index (κ2) is 3.96. The number of halogens is 1. The molecule has 0 aliphatic heterocycles. The van der Waals surface area contributed by atoms with Crippen molar-refractivity contribution in [2.75, 3.05) is 5.75 Å². The number of aromatic nitrogens is 2. The van der Waals surface area contributed by atoms with E-state index in [4.69, 9.17) is 11.6 Å². The third kappa shape index (κ3) is 1.81. The molecule has 66 valence electrons. The highest BCUT2D eigenvalue weighted by Crippen LogP contribution is 2.21. The standard InChI is InChI=1S/C7H9ClN2OS/c1-3-12-5-4-9-10(2)7(11)6(5)8/h4H,3H2,1-2H3. The van der Waals surface area contributed by atoms with Crippen LogP contribution in [0.4, 0.5) is 0 Å². The van der Waals surface area contributed by atoms with Crippen LogP contribution in [0.15, 0.2) is 15.9 Å². The first kappa shape index (κ1) is 9.61. The molecule has 0 unspecified atom stereocenters. The molecule has 5 heteroatoms. The predicted octanol–water partition coefficient (Wildman–Crippen LogP) is 1.55. The van der Waals surface area contributed by atoms with Crippen molar-refractivity contribution in [2.45, 2.75) is 11.8 Å². The molecule has 0 amide bonds. The molecule has 3 nitrogen and oxygen atoms in total. The SMILES string of the molecule is CCSc1cnn(C)c(=O)c1Cl. The maximum Gasteiger partial charge on any atom is 0.286 e. The molecule has 0 N–H and O–H groups in total. The average molecular weight is 205 g/mol. The highest BCUT2D eigenvalue weighted by molar-refractivity contribution is 7.99. The van der Waals surface area contributed by atoms with E-state index in [0.29, 0.717) is 0 Å². The minimum Gasteiger partial charge on any atom is -0.266 e. The van der Waals surface area contributed by atoms with Crippen LogP contribution in [0.1, 0.15) is 6.92 Å². The monoisotopic (exact) mass is 204 g/mol. The van der Waals surface area contributed by atoms with E-state index in [0.717, 1.165) is 10.6 Å². The van der Waals surface area contributed by atoms with Gasteiger partial charge in [0.2, 0.25) is 0 Å². The summed E-state index contributed by atoms with van der Waals surface area (Å²) in [7, 11) is 1.58. The molecule has 0 bridgehead atoms. The highest BCUT2D eigenvalue weighted by Gasteiger charge is 2.05. The lowest BCUT2D eigenvalue weighted by Gasteiger charge is -2.01. The fraction of sp³-hybridized carbons (Fsp3) is 0.429. The maximum atomic E-state index is 11.2. The van der Waals surface area contributed by atoms with E-state index in [-0.39, 0.29) is 10.6 Å². The predicted molar refractivity (Wildman–Crippen MR) is 50.9 cm³/mol. The van der Waals surface area contributed by atoms with Crippen molar-refractivity contribution in [3.05, 3.63) is 21.6 Å². The lowest BCUT2D eigenvalue weighted by Crippen LogP contribution is -2.19. The summed E-state index contributed by atoms with van der Waals surface area (Å²) < 4.78 is 1.22. The van der Waals surface area contributed by atoms with E-state index in [1.54, 1.807) is 13.2 Å². The normalized spacial score (nSPS) is 10.2. The zero-order chi connectivity index (χ0) is 9.14. The minimum atomic E-state index is -0.241. The summed E-state index contributed by atoms with van der Waals surface area (Å²) in [5.41, 5.74) is -0.241. The Bertz CT molecular complexity index is 337. The highest BCUT2D eigenvalue weighted by atomic mass is 35.5. The van der Waals surface area contributed by atoms with Crippen molar-refractivity contribution in [1.29, 1.82) is 0 Å². The van der Waals surface area contributed by atoms with E-state index in [1.165, 1.54) is 16.4 Å². The summed E-state index contributed by atoms with van der Waals surface area (Å²) in [6.07, 6.45) is 1.61.